The molecule has 0 heterocycles. The highest BCUT2D eigenvalue weighted by molar-refractivity contribution is 9.10. The fourth-order valence-electron chi connectivity index (χ4n) is 1.58. The van der Waals surface area contributed by atoms with Gasteiger partial charge in [-0.1, -0.05) is 6.07 Å². The van der Waals surface area contributed by atoms with Crippen LogP contribution in [-0.4, -0.2) is 4.92 Å². The Labute approximate surface area is 121 Å². The normalized spacial score (nSPS) is 10.2. The van der Waals surface area contributed by atoms with E-state index in [-0.39, 0.29) is 27.3 Å². The Morgan fingerprint density at radius 1 is 1.35 bits per heavy atom. The molecule has 0 aliphatic carbocycles. The van der Waals surface area contributed by atoms with E-state index in [0.717, 1.165) is 6.07 Å². The minimum absolute atomic E-state index is 0.0350. The third-order valence-electron chi connectivity index (χ3n) is 2.46. The van der Waals surface area contributed by atoms with Gasteiger partial charge in [-0.15, -0.1) is 0 Å². The Morgan fingerprint density at radius 3 is 2.70 bits per heavy atom. The van der Waals surface area contributed by atoms with Gasteiger partial charge in [0.2, 0.25) is 5.75 Å². The number of nitrogens with two attached hydrogens (primary N) is 1. The van der Waals surface area contributed by atoms with Crippen molar-refractivity contribution in [1.29, 1.82) is 0 Å². The smallest absolute Gasteiger partial charge is 0.335 e. The molecule has 0 radical (unpaired) electrons. The van der Waals surface area contributed by atoms with Crippen LogP contribution in [0.1, 0.15) is 0 Å². The van der Waals surface area contributed by atoms with Crippen molar-refractivity contribution in [1.82, 2.24) is 0 Å². The number of nitro groups is 1. The quantitative estimate of drug-likeness (QED) is 0.504. The molecule has 0 amide bonds. The van der Waals surface area contributed by atoms with E-state index in [1.807, 2.05) is 0 Å². The molecule has 0 aliphatic rings. The van der Waals surface area contributed by atoms with Crippen LogP contribution in [0.2, 0.25) is 0 Å². The molecule has 0 aromatic heterocycles. The van der Waals surface area contributed by atoms with Gasteiger partial charge in [-0.3, -0.25) is 16.0 Å². The number of nitro benzene ring substituents is 1. The van der Waals surface area contributed by atoms with Gasteiger partial charge in [0.15, 0.2) is 0 Å². The number of ether oxygens (including phenoxy) is 1. The zero-order valence-electron chi connectivity index (χ0n) is 9.97. The Balaban J connectivity index is 2.42. The van der Waals surface area contributed by atoms with Crippen LogP contribution in [-0.2, 0) is 0 Å². The second-order valence-electron chi connectivity index (χ2n) is 3.73. The first kappa shape index (κ1) is 14.2. The molecule has 0 fully saturated rings. The minimum atomic E-state index is -0.625. The van der Waals surface area contributed by atoms with Gasteiger partial charge < -0.3 is 10.2 Å². The monoisotopic (exact) mass is 341 g/mol. The highest BCUT2D eigenvalue weighted by atomic mass is 79.9. The third-order valence-corrected chi connectivity index (χ3v) is 3.10. The first-order chi connectivity index (χ1) is 9.52. The SMILES string of the molecule is NNc1cccc(Oc2ccc(Br)c(F)c2)c1[N+](=O)[O-]. The van der Waals surface area contributed by atoms with Crippen LogP contribution in [0.25, 0.3) is 0 Å². The van der Waals surface area contributed by atoms with E-state index >= 15 is 0 Å². The van der Waals surface area contributed by atoms with Gasteiger partial charge in [0.25, 0.3) is 0 Å². The molecule has 0 atom stereocenters. The van der Waals surface area contributed by atoms with E-state index < -0.39 is 10.7 Å². The number of nitrogens with one attached hydrogen (secondary N) is 1. The summed E-state index contributed by atoms with van der Waals surface area (Å²) in [5.41, 5.74) is 2.00. The van der Waals surface area contributed by atoms with E-state index in [9.17, 15) is 14.5 Å². The van der Waals surface area contributed by atoms with Gasteiger partial charge in [-0.05, 0) is 40.2 Å². The van der Waals surface area contributed by atoms with Crippen LogP contribution in [0.15, 0.2) is 40.9 Å². The van der Waals surface area contributed by atoms with Gasteiger partial charge in [0, 0.05) is 6.07 Å². The summed E-state index contributed by atoms with van der Waals surface area (Å²) in [7, 11) is 0. The highest BCUT2D eigenvalue weighted by Gasteiger charge is 2.21. The van der Waals surface area contributed by atoms with Gasteiger partial charge >= 0.3 is 5.69 Å². The average Bonchev–Trinajstić information content (AvgIpc) is 2.42. The van der Waals surface area contributed by atoms with Crippen molar-refractivity contribution in [2.24, 2.45) is 5.84 Å². The molecule has 0 saturated heterocycles. The van der Waals surface area contributed by atoms with Gasteiger partial charge in [0.05, 0.1) is 9.40 Å². The lowest BCUT2D eigenvalue weighted by atomic mass is 10.2. The van der Waals surface area contributed by atoms with Gasteiger partial charge in [-0.2, -0.15) is 0 Å². The van der Waals surface area contributed by atoms with Crippen molar-refractivity contribution in [3.05, 3.63) is 56.8 Å². The molecule has 8 heteroatoms. The number of rotatable bonds is 4. The number of halogens is 2. The lowest BCUT2D eigenvalue weighted by Crippen LogP contribution is -2.09. The topological polar surface area (TPSA) is 90.4 Å². The summed E-state index contributed by atoms with van der Waals surface area (Å²) >= 11 is 3.01. The van der Waals surface area contributed by atoms with Crippen molar-refractivity contribution < 1.29 is 14.1 Å². The van der Waals surface area contributed by atoms with Crippen molar-refractivity contribution in [2.45, 2.75) is 0 Å². The van der Waals surface area contributed by atoms with Crippen molar-refractivity contribution in [3.8, 4) is 11.5 Å². The van der Waals surface area contributed by atoms with Gasteiger partial charge in [-0.25, -0.2) is 4.39 Å². The maximum absolute atomic E-state index is 13.4. The summed E-state index contributed by atoms with van der Waals surface area (Å²) < 4.78 is 19.0. The molecular formula is C12H9BrFN3O3. The van der Waals surface area contributed by atoms with Crippen LogP contribution in [0, 0.1) is 15.9 Å². The molecule has 6 nitrogen and oxygen atoms in total. The second-order valence-corrected chi connectivity index (χ2v) is 4.59. The van der Waals surface area contributed by atoms with Crippen LogP contribution in [0.3, 0.4) is 0 Å². The highest BCUT2D eigenvalue weighted by Crippen LogP contribution is 2.37. The van der Waals surface area contributed by atoms with E-state index in [0.29, 0.717) is 0 Å². The van der Waals surface area contributed by atoms with E-state index in [4.69, 9.17) is 10.6 Å². The lowest BCUT2D eigenvalue weighted by Gasteiger charge is -2.09. The Kier molecular flexibility index (Phi) is 4.16. The molecule has 0 unspecified atom stereocenters. The van der Waals surface area contributed by atoms with Crippen LogP contribution >= 0.6 is 15.9 Å². The third kappa shape index (κ3) is 2.86. The van der Waals surface area contributed by atoms with Crippen LogP contribution in [0.5, 0.6) is 11.5 Å². The van der Waals surface area contributed by atoms with Crippen molar-refractivity contribution in [3.63, 3.8) is 0 Å². The zero-order valence-corrected chi connectivity index (χ0v) is 11.6. The standard InChI is InChI=1S/C12H9BrFN3O3/c13-8-5-4-7(6-9(8)14)20-11-3-1-2-10(16-15)12(11)17(18)19/h1-6,16H,15H2. The van der Waals surface area contributed by atoms with E-state index in [1.165, 1.54) is 30.3 Å². The molecule has 20 heavy (non-hydrogen) atoms. The Hall–Kier alpha value is -2.19. The summed E-state index contributed by atoms with van der Waals surface area (Å²) in [6, 6.07) is 8.43. The fraction of sp³-hybridized carbons (Fsp3) is 0. The molecule has 104 valence electrons. The Morgan fingerprint density at radius 2 is 2.10 bits per heavy atom. The number of para-hydroxylation sites is 1. The first-order valence-corrected chi connectivity index (χ1v) is 6.19. The maximum Gasteiger partial charge on any atom is 0.335 e. The molecular weight excluding hydrogens is 333 g/mol. The van der Waals surface area contributed by atoms with E-state index in [2.05, 4.69) is 21.4 Å². The molecule has 2 rings (SSSR count). The molecule has 0 bridgehead atoms. The number of hydrazine groups is 1. The first-order valence-electron chi connectivity index (χ1n) is 5.40. The number of nitrogens with zero attached hydrogens (tertiary/aromatic N) is 1. The number of anilines is 1. The van der Waals surface area contributed by atoms with Crippen LogP contribution < -0.4 is 16.0 Å². The summed E-state index contributed by atoms with van der Waals surface area (Å²) in [4.78, 5) is 10.4. The summed E-state index contributed by atoms with van der Waals surface area (Å²) in [6.45, 7) is 0. The average molecular weight is 342 g/mol. The number of benzene rings is 2. The largest absolute Gasteiger partial charge is 0.450 e. The van der Waals surface area contributed by atoms with Crippen LogP contribution in [0.4, 0.5) is 15.8 Å². The van der Waals surface area contributed by atoms with Gasteiger partial charge in [0.1, 0.15) is 17.3 Å². The predicted octanol–water partition coefficient (Wildman–Crippen LogP) is 3.57. The maximum atomic E-state index is 13.4. The lowest BCUT2D eigenvalue weighted by molar-refractivity contribution is -0.384. The molecule has 0 saturated carbocycles. The summed E-state index contributed by atoms with van der Waals surface area (Å²) in [5.74, 6) is 4.80. The number of nitrogen functional groups attached to an aromatic ring is 1. The molecule has 0 spiro atoms. The van der Waals surface area contributed by atoms with Crippen molar-refractivity contribution >= 4 is 27.3 Å². The zero-order chi connectivity index (χ0) is 14.7. The fourth-order valence-corrected chi connectivity index (χ4v) is 1.82. The van der Waals surface area contributed by atoms with E-state index in [1.54, 1.807) is 0 Å². The predicted molar refractivity (Wildman–Crippen MR) is 75.1 cm³/mol. The Bertz CT molecular complexity index is 666. The molecule has 0 aliphatic heterocycles. The molecule has 2 aromatic carbocycles. The van der Waals surface area contributed by atoms with Crippen molar-refractivity contribution in [2.75, 3.05) is 5.43 Å². The number of hydrogen-bond acceptors (Lipinski definition) is 5. The molecule has 2 aromatic rings. The summed E-state index contributed by atoms with van der Waals surface area (Å²) in [5, 5.41) is 11.1. The molecule has 3 N–H and O–H groups in total. The minimum Gasteiger partial charge on any atom is -0.450 e. The summed E-state index contributed by atoms with van der Waals surface area (Å²) in [6.07, 6.45) is 0. The second kappa shape index (κ2) is 5.85. The number of hydrogen-bond donors (Lipinski definition) is 2.